The topological polar surface area (TPSA) is 49.4 Å². The molecule has 0 aliphatic carbocycles. The third-order valence-corrected chi connectivity index (χ3v) is 4.11. The van der Waals surface area contributed by atoms with Crippen LogP contribution in [0.25, 0.3) is 0 Å². The number of halogens is 2. The van der Waals surface area contributed by atoms with Gasteiger partial charge in [-0.3, -0.25) is 9.59 Å². The van der Waals surface area contributed by atoms with E-state index >= 15 is 0 Å². The highest BCUT2D eigenvalue weighted by atomic mass is 79.9. The van der Waals surface area contributed by atoms with Crippen LogP contribution in [0.4, 0.5) is 15.8 Å². The summed E-state index contributed by atoms with van der Waals surface area (Å²) in [5, 5.41) is 2.81. The standard InChI is InChI=1S/C16H12BrFN2O2/c17-10-5-1-4-8-14(10)20-15(21)9-13(16(20)22)19-12-7-3-2-6-11(12)18/h1-8,13,19H,9H2/t13-/m0/s1. The SMILES string of the molecule is O=C1C[C@H](Nc2ccccc2F)C(=O)N1c1ccccc1Br. The Balaban J connectivity index is 1.86. The summed E-state index contributed by atoms with van der Waals surface area (Å²) < 4.78 is 14.3. The summed E-state index contributed by atoms with van der Waals surface area (Å²) in [4.78, 5) is 25.8. The molecule has 22 heavy (non-hydrogen) atoms. The first kappa shape index (κ1) is 14.7. The van der Waals surface area contributed by atoms with Crippen LogP contribution in [0.1, 0.15) is 6.42 Å². The fourth-order valence-electron chi connectivity index (χ4n) is 2.40. The predicted molar refractivity (Wildman–Crippen MR) is 85.1 cm³/mol. The molecule has 1 atom stereocenters. The zero-order valence-corrected chi connectivity index (χ0v) is 13.0. The van der Waals surface area contributed by atoms with Crippen molar-refractivity contribution in [2.75, 3.05) is 10.2 Å². The number of anilines is 2. The van der Waals surface area contributed by atoms with E-state index in [1.807, 2.05) is 0 Å². The van der Waals surface area contributed by atoms with E-state index in [1.54, 1.807) is 36.4 Å². The van der Waals surface area contributed by atoms with Gasteiger partial charge in [0.25, 0.3) is 5.91 Å². The summed E-state index contributed by atoms with van der Waals surface area (Å²) in [6.45, 7) is 0. The number of nitrogens with zero attached hydrogens (tertiary/aromatic N) is 1. The van der Waals surface area contributed by atoms with Gasteiger partial charge in [0.05, 0.1) is 17.8 Å². The molecule has 0 radical (unpaired) electrons. The molecule has 0 unspecified atom stereocenters. The monoisotopic (exact) mass is 362 g/mol. The highest BCUT2D eigenvalue weighted by Crippen LogP contribution is 2.31. The van der Waals surface area contributed by atoms with Crippen molar-refractivity contribution in [1.82, 2.24) is 0 Å². The van der Waals surface area contributed by atoms with Crippen molar-refractivity contribution < 1.29 is 14.0 Å². The van der Waals surface area contributed by atoms with Crippen molar-refractivity contribution in [3.8, 4) is 0 Å². The fraction of sp³-hybridized carbons (Fsp3) is 0.125. The Hall–Kier alpha value is -2.21. The molecule has 1 N–H and O–H groups in total. The Labute approximate surface area is 135 Å². The predicted octanol–water partition coefficient (Wildman–Crippen LogP) is 3.33. The average molecular weight is 363 g/mol. The van der Waals surface area contributed by atoms with Gasteiger partial charge in [-0.05, 0) is 40.2 Å². The summed E-state index contributed by atoms with van der Waals surface area (Å²) in [7, 11) is 0. The lowest BCUT2D eigenvalue weighted by Crippen LogP contribution is -2.35. The molecule has 1 heterocycles. The summed E-state index contributed by atoms with van der Waals surface area (Å²) in [5.41, 5.74) is 0.706. The molecule has 2 amide bonds. The molecular formula is C16H12BrFN2O2. The molecule has 4 nitrogen and oxygen atoms in total. The number of benzene rings is 2. The van der Waals surface area contributed by atoms with E-state index < -0.39 is 11.9 Å². The van der Waals surface area contributed by atoms with Crippen molar-refractivity contribution in [2.24, 2.45) is 0 Å². The maximum absolute atomic E-state index is 13.7. The van der Waals surface area contributed by atoms with Crippen LogP contribution in [0.15, 0.2) is 53.0 Å². The molecule has 0 aromatic heterocycles. The highest BCUT2D eigenvalue weighted by Gasteiger charge is 2.40. The van der Waals surface area contributed by atoms with E-state index in [1.165, 1.54) is 12.1 Å². The number of hydrogen-bond donors (Lipinski definition) is 1. The number of nitrogens with one attached hydrogen (secondary N) is 1. The molecule has 0 spiro atoms. The van der Waals surface area contributed by atoms with Gasteiger partial charge in [0.1, 0.15) is 11.9 Å². The van der Waals surface area contributed by atoms with Gasteiger partial charge in [0.15, 0.2) is 0 Å². The molecule has 112 valence electrons. The summed E-state index contributed by atoms with van der Waals surface area (Å²) in [5.74, 6) is -1.16. The largest absolute Gasteiger partial charge is 0.371 e. The zero-order chi connectivity index (χ0) is 15.7. The first-order valence-electron chi connectivity index (χ1n) is 6.70. The quantitative estimate of drug-likeness (QED) is 0.852. The van der Waals surface area contributed by atoms with Crippen LogP contribution in [-0.2, 0) is 9.59 Å². The van der Waals surface area contributed by atoms with Gasteiger partial charge < -0.3 is 5.32 Å². The Morgan fingerprint density at radius 1 is 1.09 bits per heavy atom. The van der Waals surface area contributed by atoms with Gasteiger partial charge >= 0.3 is 0 Å². The van der Waals surface area contributed by atoms with Gasteiger partial charge in [0.2, 0.25) is 5.91 Å². The van der Waals surface area contributed by atoms with Gasteiger partial charge in [0, 0.05) is 4.47 Å². The van der Waals surface area contributed by atoms with Crippen LogP contribution in [0.3, 0.4) is 0 Å². The number of carbonyl (C=O) groups is 2. The van der Waals surface area contributed by atoms with Crippen LogP contribution in [0.5, 0.6) is 0 Å². The molecule has 3 rings (SSSR count). The maximum atomic E-state index is 13.7. The highest BCUT2D eigenvalue weighted by molar-refractivity contribution is 9.10. The minimum absolute atomic E-state index is 0.00545. The number of imide groups is 1. The summed E-state index contributed by atoms with van der Waals surface area (Å²) >= 11 is 3.33. The van der Waals surface area contributed by atoms with E-state index in [0.717, 1.165) is 4.90 Å². The van der Waals surface area contributed by atoms with E-state index in [-0.39, 0.29) is 23.9 Å². The Bertz CT molecular complexity index is 750. The third-order valence-electron chi connectivity index (χ3n) is 3.44. The zero-order valence-electron chi connectivity index (χ0n) is 11.4. The second-order valence-corrected chi connectivity index (χ2v) is 5.75. The van der Waals surface area contributed by atoms with Crippen molar-refractivity contribution >= 4 is 39.1 Å². The van der Waals surface area contributed by atoms with Gasteiger partial charge in [-0.15, -0.1) is 0 Å². The molecule has 0 saturated carbocycles. The smallest absolute Gasteiger partial charge is 0.256 e. The second kappa shape index (κ2) is 5.88. The molecule has 0 bridgehead atoms. The van der Waals surface area contributed by atoms with Crippen molar-refractivity contribution in [1.29, 1.82) is 0 Å². The molecule has 2 aromatic carbocycles. The second-order valence-electron chi connectivity index (χ2n) is 4.90. The summed E-state index contributed by atoms with van der Waals surface area (Å²) in [6.07, 6.45) is -0.00545. The molecular weight excluding hydrogens is 351 g/mol. The third kappa shape index (κ3) is 2.62. The van der Waals surface area contributed by atoms with E-state index in [0.29, 0.717) is 10.2 Å². The number of para-hydroxylation sites is 2. The lowest BCUT2D eigenvalue weighted by atomic mass is 10.2. The van der Waals surface area contributed by atoms with Gasteiger partial charge in [-0.1, -0.05) is 24.3 Å². The fourth-order valence-corrected chi connectivity index (χ4v) is 2.86. The molecule has 1 saturated heterocycles. The van der Waals surface area contributed by atoms with Crippen molar-refractivity contribution in [2.45, 2.75) is 12.5 Å². The van der Waals surface area contributed by atoms with Crippen LogP contribution >= 0.6 is 15.9 Å². The molecule has 1 aliphatic rings. The lowest BCUT2D eigenvalue weighted by Gasteiger charge is -2.17. The van der Waals surface area contributed by atoms with E-state index in [9.17, 15) is 14.0 Å². The van der Waals surface area contributed by atoms with E-state index in [2.05, 4.69) is 21.2 Å². The lowest BCUT2D eigenvalue weighted by molar-refractivity contribution is -0.121. The Kier molecular flexibility index (Phi) is 3.94. The Morgan fingerprint density at radius 3 is 2.50 bits per heavy atom. The van der Waals surface area contributed by atoms with Crippen LogP contribution < -0.4 is 10.2 Å². The minimum atomic E-state index is -0.767. The Morgan fingerprint density at radius 2 is 1.77 bits per heavy atom. The molecule has 1 aliphatic heterocycles. The van der Waals surface area contributed by atoms with Crippen LogP contribution in [0.2, 0.25) is 0 Å². The van der Waals surface area contributed by atoms with Crippen molar-refractivity contribution in [3.63, 3.8) is 0 Å². The minimum Gasteiger partial charge on any atom is -0.371 e. The molecule has 1 fully saturated rings. The molecule has 6 heteroatoms. The van der Waals surface area contributed by atoms with E-state index in [4.69, 9.17) is 0 Å². The normalized spacial score (nSPS) is 17.9. The average Bonchev–Trinajstić information content (AvgIpc) is 2.77. The number of hydrogen-bond acceptors (Lipinski definition) is 3. The van der Waals surface area contributed by atoms with Crippen LogP contribution in [0, 0.1) is 5.82 Å². The maximum Gasteiger partial charge on any atom is 0.256 e. The van der Waals surface area contributed by atoms with Gasteiger partial charge in [-0.2, -0.15) is 0 Å². The van der Waals surface area contributed by atoms with Gasteiger partial charge in [-0.25, -0.2) is 9.29 Å². The number of carbonyl (C=O) groups excluding carboxylic acids is 2. The summed E-state index contributed by atoms with van der Waals surface area (Å²) in [6, 6.07) is 12.3. The van der Waals surface area contributed by atoms with Crippen LogP contribution in [-0.4, -0.2) is 17.9 Å². The first-order chi connectivity index (χ1) is 10.6. The number of amides is 2. The van der Waals surface area contributed by atoms with Crippen molar-refractivity contribution in [3.05, 3.63) is 58.8 Å². The molecule has 2 aromatic rings. The number of rotatable bonds is 3. The first-order valence-corrected chi connectivity index (χ1v) is 7.49.